The molecule has 13 heteroatoms. The summed E-state index contributed by atoms with van der Waals surface area (Å²) >= 11 is 0. The van der Waals surface area contributed by atoms with E-state index in [9.17, 15) is 24.5 Å². The van der Waals surface area contributed by atoms with Crippen LogP contribution >= 0.6 is 0 Å². The number of nitrogens with one attached hydrogen (secondary N) is 1. The molecule has 0 aliphatic carbocycles. The Balaban J connectivity index is 1.67. The molecule has 0 saturated heterocycles. The first-order chi connectivity index (χ1) is 18.3. The van der Waals surface area contributed by atoms with Crippen LogP contribution in [-0.4, -0.2) is 56.0 Å². The summed E-state index contributed by atoms with van der Waals surface area (Å²) in [7, 11) is 0. The summed E-state index contributed by atoms with van der Waals surface area (Å²) in [6.45, 7) is 2.81. The number of nitro groups is 1. The van der Waals surface area contributed by atoms with Crippen LogP contribution in [0.15, 0.2) is 60.7 Å². The highest BCUT2D eigenvalue weighted by Gasteiger charge is 2.34. The van der Waals surface area contributed by atoms with Crippen molar-refractivity contribution in [2.45, 2.75) is 26.4 Å². The van der Waals surface area contributed by atoms with Gasteiger partial charge in [0.1, 0.15) is 6.54 Å². The van der Waals surface area contributed by atoms with Crippen molar-refractivity contribution in [1.82, 2.24) is 25.4 Å². The van der Waals surface area contributed by atoms with Gasteiger partial charge in [-0.1, -0.05) is 35.5 Å². The summed E-state index contributed by atoms with van der Waals surface area (Å²) in [6, 6.07) is 14.5. The number of carbonyl (C=O) groups excluding carboxylic acids is 3. The number of hydrogen-bond donors (Lipinski definition) is 1. The van der Waals surface area contributed by atoms with E-state index >= 15 is 0 Å². The van der Waals surface area contributed by atoms with E-state index in [1.165, 1.54) is 17.1 Å². The van der Waals surface area contributed by atoms with Gasteiger partial charge in [-0.25, -0.2) is 19.3 Å². The Hall–Kier alpha value is -5.07. The smallest absolute Gasteiger partial charge is 0.361 e. The molecule has 1 atom stereocenters. The van der Waals surface area contributed by atoms with E-state index < -0.39 is 35.4 Å². The molecule has 0 radical (unpaired) electrons. The molecular formula is C25H24N6O7. The van der Waals surface area contributed by atoms with Crippen LogP contribution in [0.1, 0.15) is 52.0 Å². The largest absolute Gasteiger partial charge is 0.461 e. The number of rotatable bonds is 9. The van der Waals surface area contributed by atoms with E-state index in [0.717, 1.165) is 10.2 Å². The minimum absolute atomic E-state index is 0.0283. The van der Waals surface area contributed by atoms with Crippen LogP contribution in [-0.2, 0) is 20.8 Å². The summed E-state index contributed by atoms with van der Waals surface area (Å²) in [4.78, 5) is 49.1. The third kappa shape index (κ3) is 5.36. The van der Waals surface area contributed by atoms with Gasteiger partial charge in [0.2, 0.25) is 5.69 Å². The van der Waals surface area contributed by atoms with Crippen LogP contribution in [0.5, 0.6) is 0 Å². The van der Waals surface area contributed by atoms with Crippen LogP contribution in [0, 0.1) is 10.1 Å². The Morgan fingerprint density at radius 2 is 1.66 bits per heavy atom. The molecule has 1 amide bonds. The highest BCUT2D eigenvalue weighted by molar-refractivity contribution is 6.00. The standard InChI is InChI=1S/C25H24N6O7/c1-3-37-24(33)22-23(25(34)38-4-2)29(28-26-22)15-21(32)30-20(17-10-12-18(13-11-17)31(35)36)14-19(27-30)16-8-6-5-7-9-16/h5-14,20,27H,3-4,15H2,1-2H3. The van der Waals surface area contributed by atoms with Crippen molar-refractivity contribution < 1.29 is 28.8 Å². The fourth-order valence-electron chi connectivity index (χ4n) is 3.87. The monoisotopic (exact) mass is 520 g/mol. The molecule has 4 rings (SSSR count). The van der Waals surface area contributed by atoms with Gasteiger partial charge >= 0.3 is 11.9 Å². The number of amides is 1. The van der Waals surface area contributed by atoms with E-state index in [4.69, 9.17) is 9.47 Å². The quantitative estimate of drug-likeness (QED) is 0.252. The number of benzene rings is 2. The van der Waals surface area contributed by atoms with Crippen molar-refractivity contribution in [1.29, 1.82) is 0 Å². The minimum atomic E-state index is -0.877. The average Bonchev–Trinajstić information content (AvgIpc) is 3.55. The van der Waals surface area contributed by atoms with Crippen LogP contribution in [0.3, 0.4) is 0 Å². The predicted octanol–water partition coefficient (Wildman–Crippen LogP) is 2.67. The number of aromatic nitrogens is 3. The van der Waals surface area contributed by atoms with E-state index in [2.05, 4.69) is 15.7 Å². The first kappa shape index (κ1) is 26.0. The highest BCUT2D eigenvalue weighted by atomic mass is 16.6. The summed E-state index contributed by atoms with van der Waals surface area (Å²) in [5.74, 6) is -2.27. The minimum Gasteiger partial charge on any atom is -0.461 e. The number of hydrogen-bond acceptors (Lipinski definition) is 10. The molecule has 1 aliphatic rings. The molecule has 0 fully saturated rings. The van der Waals surface area contributed by atoms with Gasteiger partial charge in [-0.15, -0.1) is 5.10 Å². The Morgan fingerprint density at radius 1 is 1.00 bits per heavy atom. The molecule has 0 spiro atoms. The molecule has 38 heavy (non-hydrogen) atoms. The number of nitro benzene ring substituents is 1. The van der Waals surface area contributed by atoms with Gasteiger partial charge in [0.25, 0.3) is 11.6 Å². The number of ether oxygens (including phenoxy) is 2. The SMILES string of the molecule is CCOC(=O)c1nnn(CC(=O)N2NC(c3ccccc3)=CC2c2ccc([N+](=O)[O-])cc2)c1C(=O)OCC. The van der Waals surface area contributed by atoms with Crippen LogP contribution in [0.25, 0.3) is 5.70 Å². The second kappa shape index (κ2) is 11.3. The number of hydrazine groups is 1. The Morgan fingerprint density at radius 3 is 2.29 bits per heavy atom. The summed E-state index contributed by atoms with van der Waals surface area (Å²) in [5, 5.41) is 20.0. The van der Waals surface area contributed by atoms with Crippen molar-refractivity contribution in [3.63, 3.8) is 0 Å². The van der Waals surface area contributed by atoms with E-state index in [-0.39, 0.29) is 30.3 Å². The lowest BCUT2D eigenvalue weighted by molar-refractivity contribution is -0.384. The Kier molecular flexibility index (Phi) is 7.75. The van der Waals surface area contributed by atoms with Gasteiger partial charge in [0, 0.05) is 12.1 Å². The van der Waals surface area contributed by atoms with Crippen LogP contribution in [0.2, 0.25) is 0 Å². The first-order valence-electron chi connectivity index (χ1n) is 11.7. The van der Waals surface area contributed by atoms with Crippen molar-refractivity contribution >= 4 is 29.2 Å². The van der Waals surface area contributed by atoms with E-state index in [1.54, 1.807) is 26.0 Å². The third-order valence-electron chi connectivity index (χ3n) is 5.60. The average molecular weight is 521 g/mol. The van der Waals surface area contributed by atoms with E-state index in [1.807, 2.05) is 36.4 Å². The van der Waals surface area contributed by atoms with Crippen LogP contribution in [0.4, 0.5) is 5.69 Å². The Labute approximate surface area is 216 Å². The molecule has 2 heterocycles. The lowest BCUT2D eigenvalue weighted by Crippen LogP contribution is -2.42. The second-order valence-corrected chi connectivity index (χ2v) is 8.00. The maximum atomic E-state index is 13.6. The molecule has 0 saturated carbocycles. The molecule has 196 valence electrons. The molecule has 3 aromatic rings. The van der Waals surface area contributed by atoms with Gasteiger partial charge in [-0.3, -0.25) is 20.3 Å². The summed E-state index contributed by atoms with van der Waals surface area (Å²) < 4.78 is 11.0. The number of esters is 2. The number of carbonyl (C=O) groups is 3. The van der Waals surface area contributed by atoms with Gasteiger partial charge in [-0.05, 0) is 43.2 Å². The van der Waals surface area contributed by atoms with Gasteiger partial charge in [-0.2, -0.15) is 0 Å². The van der Waals surface area contributed by atoms with Crippen molar-refractivity contribution in [3.05, 3.63) is 93.3 Å². The molecule has 1 aliphatic heterocycles. The van der Waals surface area contributed by atoms with E-state index in [0.29, 0.717) is 11.3 Å². The van der Waals surface area contributed by atoms with Crippen molar-refractivity contribution in [2.24, 2.45) is 0 Å². The lowest BCUT2D eigenvalue weighted by atomic mass is 10.0. The van der Waals surface area contributed by atoms with Gasteiger partial charge in [0.15, 0.2) is 5.69 Å². The number of non-ortho nitro benzene ring substituents is 1. The first-order valence-corrected chi connectivity index (χ1v) is 11.7. The lowest BCUT2D eigenvalue weighted by Gasteiger charge is -2.25. The zero-order chi connectivity index (χ0) is 27.2. The fraction of sp³-hybridized carbons (Fsp3) is 0.240. The molecule has 1 unspecified atom stereocenters. The molecular weight excluding hydrogens is 496 g/mol. The third-order valence-corrected chi connectivity index (χ3v) is 5.60. The maximum absolute atomic E-state index is 13.6. The number of nitrogens with zero attached hydrogens (tertiary/aromatic N) is 5. The molecule has 0 bridgehead atoms. The zero-order valence-corrected chi connectivity index (χ0v) is 20.6. The molecule has 1 aromatic heterocycles. The fourth-order valence-corrected chi connectivity index (χ4v) is 3.87. The predicted molar refractivity (Wildman–Crippen MR) is 132 cm³/mol. The second-order valence-electron chi connectivity index (χ2n) is 8.00. The molecule has 2 aromatic carbocycles. The molecule has 1 N–H and O–H groups in total. The Bertz CT molecular complexity index is 1380. The van der Waals surface area contributed by atoms with Gasteiger partial charge < -0.3 is 9.47 Å². The summed E-state index contributed by atoms with van der Waals surface area (Å²) in [5.41, 5.74) is 4.39. The zero-order valence-electron chi connectivity index (χ0n) is 20.6. The van der Waals surface area contributed by atoms with Gasteiger partial charge in [0.05, 0.1) is 29.9 Å². The summed E-state index contributed by atoms with van der Waals surface area (Å²) in [6.07, 6.45) is 1.81. The van der Waals surface area contributed by atoms with Crippen molar-refractivity contribution in [3.8, 4) is 0 Å². The maximum Gasteiger partial charge on any atom is 0.361 e. The highest BCUT2D eigenvalue weighted by Crippen LogP contribution is 2.32. The topological polar surface area (TPSA) is 159 Å². The van der Waals surface area contributed by atoms with Crippen LogP contribution < -0.4 is 5.43 Å². The normalized spacial score (nSPS) is 14.4. The molecule has 13 nitrogen and oxygen atoms in total. The van der Waals surface area contributed by atoms with Crippen molar-refractivity contribution in [2.75, 3.05) is 13.2 Å².